The van der Waals surface area contributed by atoms with E-state index in [-0.39, 0.29) is 6.42 Å². The Hall–Kier alpha value is -1.32. The molecule has 0 aromatic rings. The SMILES string of the molecule is CCCCCCCCCCC=C[C@@H](CC(=O)O)C(N)=O. The van der Waals surface area contributed by atoms with E-state index < -0.39 is 17.8 Å². The number of nitrogens with two attached hydrogens (primary N) is 1. The number of unbranched alkanes of at least 4 members (excludes halogenated alkanes) is 8. The molecule has 0 aliphatic rings. The summed E-state index contributed by atoms with van der Waals surface area (Å²) in [6.45, 7) is 2.22. The molecule has 0 radical (unpaired) electrons. The minimum Gasteiger partial charge on any atom is -0.481 e. The zero-order chi connectivity index (χ0) is 15.2. The maximum Gasteiger partial charge on any atom is 0.304 e. The first-order chi connectivity index (χ1) is 9.57. The zero-order valence-corrected chi connectivity index (χ0v) is 12.6. The van der Waals surface area contributed by atoms with Crippen LogP contribution in [0.5, 0.6) is 0 Å². The van der Waals surface area contributed by atoms with Crippen molar-refractivity contribution < 1.29 is 14.7 Å². The molecule has 20 heavy (non-hydrogen) atoms. The largest absolute Gasteiger partial charge is 0.481 e. The molecule has 0 saturated heterocycles. The first kappa shape index (κ1) is 18.7. The highest BCUT2D eigenvalue weighted by Gasteiger charge is 2.15. The van der Waals surface area contributed by atoms with E-state index in [0.717, 1.165) is 12.8 Å². The van der Waals surface area contributed by atoms with Gasteiger partial charge in [0, 0.05) is 0 Å². The van der Waals surface area contributed by atoms with Crippen molar-refractivity contribution in [1.82, 2.24) is 0 Å². The number of carboxylic acids is 1. The van der Waals surface area contributed by atoms with Crippen molar-refractivity contribution >= 4 is 11.9 Å². The molecule has 0 aliphatic carbocycles. The summed E-state index contributed by atoms with van der Waals surface area (Å²) in [5, 5.41) is 8.65. The minimum atomic E-state index is -0.995. The highest BCUT2D eigenvalue weighted by atomic mass is 16.4. The van der Waals surface area contributed by atoms with Crippen LogP contribution in [0.25, 0.3) is 0 Å². The number of primary amides is 1. The summed E-state index contributed by atoms with van der Waals surface area (Å²) in [7, 11) is 0. The van der Waals surface area contributed by atoms with Gasteiger partial charge in [-0.15, -0.1) is 0 Å². The van der Waals surface area contributed by atoms with Crippen molar-refractivity contribution in [2.45, 2.75) is 71.1 Å². The highest BCUT2D eigenvalue weighted by Crippen LogP contribution is 2.11. The van der Waals surface area contributed by atoms with E-state index in [0.29, 0.717) is 0 Å². The molecule has 1 amide bonds. The summed E-state index contributed by atoms with van der Waals surface area (Å²) in [5.41, 5.74) is 5.15. The maximum atomic E-state index is 11.0. The van der Waals surface area contributed by atoms with Crippen LogP contribution in [0, 0.1) is 5.92 Å². The van der Waals surface area contributed by atoms with Crippen molar-refractivity contribution in [2.24, 2.45) is 11.7 Å². The molecular formula is C16H29NO3. The van der Waals surface area contributed by atoms with Gasteiger partial charge in [-0.2, -0.15) is 0 Å². The Morgan fingerprint density at radius 3 is 2.10 bits per heavy atom. The molecule has 4 heteroatoms. The van der Waals surface area contributed by atoms with Crippen LogP contribution >= 0.6 is 0 Å². The topological polar surface area (TPSA) is 80.4 Å². The average Bonchev–Trinajstić information content (AvgIpc) is 2.39. The van der Waals surface area contributed by atoms with E-state index in [1.165, 1.54) is 44.9 Å². The van der Waals surface area contributed by atoms with E-state index in [1.807, 2.05) is 6.08 Å². The Labute approximate surface area is 122 Å². The van der Waals surface area contributed by atoms with Crippen LogP contribution in [0.1, 0.15) is 71.1 Å². The number of allylic oxidation sites excluding steroid dienone is 1. The van der Waals surface area contributed by atoms with Gasteiger partial charge < -0.3 is 10.8 Å². The quantitative estimate of drug-likeness (QED) is 0.400. The molecule has 0 unspecified atom stereocenters. The van der Waals surface area contributed by atoms with Gasteiger partial charge in [0.05, 0.1) is 12.3 Å². The number of carbonyl (C=O) groups excluding carboxylic acids is 1. The van der Waals surface area contributed by atoms with Gasteiger partial charge in [-0.1, -0.05) is 64.0 Å². The molecule has 0 saturated carbocycles. The Balaban J connectivity index is 3.58. The van der Waals surface area contributed by atoms with Gasteiger partial charge in [-0.3, -0.25) is 9.59 Å². The standard InChI is InChI=1S/C16H29NO3/c1-2-3-4-5-6-7-8-9-10-11-12-14(16(17)20)13-15(18)19/h11-12,14H,2-10,13H2,1H3,(H2,17,20)(H,18,19)/t14-/m0/s1. The number of carboxylic acid groups (broad SMARTS) is 1. The number of hydrogen-bond donors (Lipinski definition) is 2. The Morgan fingerprint density at radius 2 is 1.60 bits per heavy atom. The monoisotopic (exact) mass is 283 g/mol. The Bertz CT molecular complexity index is 300. The lowest BCUT2D eigenvalue weighted by molar-refractivity contribution is -0.139. The molecule has 3 N–H and O–H groups in total. The molecule has 0 rings (SSSR count). The minimum absolute atomic E-state index is 0.219. The van der Waals surface area contributed by atoms with Gasteiger partial charge in [0.25, 0.3) is 0 Å². The predicted molar refractivity (Wildman–Crippen MR) is 81.3 cm³/mol. The van der Waals surface area contributed by atoms with Crippen LogP contribution in [0.15, 0.2) is 12.2 Å². The second kappa shape index (κ2) is 12.7. The van der Waals surface area contributed by atoms with Gasteiger partial charge >= 0.3 is 5.97 Å². The first-order valence-electron chi connectivity index (χ1n) is 7.75. The third-order valence-corrected chi connectivity index (χ3v) is 3.35. The normalized spacial score (nSPS) is 12.7. The van der Waals surface area contributed by atoms with Crippen molar-refractivity contribution in [3.8, 4) is 0 Å². The predicted octanol–water partition coefficient (Wildman–Crippen LogP) is 3.65. The van der Waals surface area contributed by atoms with E-state index in [2.05, 4.69) is 6.92 Å². The molecule has 1 atom stereocenters. The first-order valence-corrected chi connectivity index (χ1v) is 7.75. The van der Waals surface area contributed by atoms with E-state index >= 15 is 0 Å². The summed E-state index contributed by atoms with van der Waals surface area (Å²) < 4.78 is 0. The number of amides is 1. The summed E-state index contributed by atoms with van der Waals surface area (Å²) in [4.78, 5) is 21.6. The van der Waals surface area contributed by atoms with Crippen molar-refractivity contribution in [2.75, 3.05) is 0 Å². The van der Waals surface area contributed by atoms with Gasteiger partial charge in [0.1, 0.15) is 0 Å². The van der Waals surface area contributed by atoms with E-state index in [9.17, 15) is 9.59 Å². The summed E-state index contributed by atoms with van der Waals surface area (Å²) in [6.07, 6.45) is 14.3. The van der Waals surface area contributed by atoms with Crippen LogP contribution in [-0.4, -0.2) is 17.0 Å². The van der Waals surface area contributed by atoms with Crippen LogP contribution in [0.3, 0.4) is 0 Å². The zero-order valence-electron chi connectivity index (χ0n) is 12.6. The van der Waals surface area contributed by atoms with Crippen LogP contribution in [0.4, 0.5) is 0 Å². The fourth-order valence-corrected chi connectivity index (χ4v) is 2.11. The number of rotatable bonds is 13. The summed E-state index contributed by atoms with van der Waals surface area (Å²) in [6, 6.07) is 0. The lowest BCUT2D eigenvalue weighted by Gasteiger charge is -2.04. The van der Waals surface area contributed by atoms with Gasteiger partial charge in [-0.25, -0.2) is 0 Å². The molecule has 0 aromatic heterocycles. The maximum absolute atomic E-state index is 11.0. The smallest absolute Gasteiger partial charge is 0.304 e. The van der Waals surface area contributed by atoms with Gasteiger partial charge in [0.2, 0.25) is 5.91 Å². The molecule has 0 heterocycles. The number of aliphatic carboxylic acids is 1. The molecule has 0 spiro atoms. The molecule has 0 fully saturated rings. The van der Waals surface area contributed by atoms with E-state index in [4.69, 9.17) is 10.8 Å². The molecule has 0 aromatic carbocycles. The number of carbonyl (C=O) groups is 2. The molecule has 4 nitrogen and oxygen atoms in total. The fraction of sp³-hybridized carbons (Fsp3) is 0.750. The van der Waals surface area contributed by atoms with Crippen molar-refractivity contribution in [3.05, 3.63) is 12.2 Å². The van der Waals surface area contributed by atoms with Crippen LogP contribution in [0.2, 0.25) is 0 Å². The van der Waals surface area contributed by atoms with Crippen molar-refractivity contribution in [1.29, 1.82) is 0 Å². The second-order valence-corrected chi connectivity index (χ2v) is 5.30. The third-order valence-electron chi connectivity index (χ3n) is 3.35. The number of hydrogen-bond acceptors (Lipinski definition) is 2. The summed E-state index contributed by atoms with van der Waals surface area (Å²) >= 11 is 0. The second-order valence-electron chi connectivity index (χ2n) is 5.30. The van der Waals surface area contributed by atoms with E-state index in [1.54, 1.807) is 6.08 Å². The third kappa shape index (κ3) is 11.8. The molecule has 116 valence electrons. The molecule has 0 bridgehead atoms. The summed E-state index contributed by atoms with van der Waals surface area (Å²) in [5.74, 6) is -2.24. The van der Waals surface area contributed by atoms with Crippen LogP contribution in [-0.2, 0) is 9.59 Å². The van der Waals surface area contributed by atoms with Crippen LogP contribution < -0.4 is 5.73 Å². The lowest BCUT2D eigenvalue weighted by Crippen LogP contribution is -2.23. The average molecular weight is 283 g/mol. The van der Waals surface area contributed by atoms with Gasteiger partial charge in [0.15, 0.2) is 0 Å². The Morgan fingerprint density at radius 1 is 1.05 bits per heavy atom. The molecular weight excluding hydrogens is 254 g/mol. The van der Waals surface area contributed by atoms with Gasteiger partial charge in [-0.05, 0) is 12.8 Å². The Kier molecular flexibility index (Phi) is 11.9. The fourth-order valence-electron chi connectivity index (χ4n) is 2.11. The molecule has 0 aliphatic heterocycles. The lowest BCUT2D eigenvalue weighted by atomic mass is 10.0. The highest BCUT2D eigenvalue weighted by molar-refractivity contribution is 5.83. The van der Waals surface area contributed by atoms with Crippen molar-refractivity contribution in [3.63, 3.8) is 0 Å².